The van der Waals surface area contributed by atoms with Crippen LogP contribution in [0.15, 0.2) is 41.3 Å². The lowest BCUT2D eigenvalue weighted by Gasteiger charge is -2.35. The normalized spacial score (nSPS) is 23.0. The van der Waals surface area contributed by atoms with Gasteiger partial charge in [0, 0.05) is 19.0 Å². The highest BCUT2D eigenvalue weighted by molar-refractivity contribution is 5.93. The van der Waals surface area contributed by atoms with Crippen LogP contribution in [0.25, 0.3) is 0 Å². The number of aromatic nitrogens is 2. The number of aliphatic carboxylic acids is 1. The van der Waals surface area contributed by atoms with Crippen molar-refractivity contribution in [2.75, 3.05) is 26.2 Å². The number of likely N-dealkylation sites (tertiary alicyclic amines) is 1. The number of alkyl halides is 3. The number of carbonyl (C=O) groups is 2. The number of hydrogen-bond acceptors (Lipinski definition) is 7. The largest absolute Gasteiger partial charge is 0.490 e. The van der Waals surface area contributed by atoms with Crippen LogP contribution in [-0.2, 0) is 16.1 Å². The van der Waals surface area contributed by atoms with Crippen LogP contribution in [-0.4, -0.2) is 70.6 Å². The third-order valence-electron chi connectivity index (χ3n) is 5.40. The van der Waals surface area contributed by atoms with E-state index in [4.69, 9.17) is 19.1 Å². The topological polar surface area (TPSA) is 118 Å². The quantitative estimate of drug-likeness (QED) is 0.701. The molecule has 2 aliphatic heterocycles. The van der Waals surface area contributed by atoms with E-state index in [0.717, 1.165) is 38.4 Å². The molecular formula is C20H23F3N4O5. The summed E-state index contributed by atoms with van der Waals surface area (Å²) in [7, 11) is 0. The summed E-state index contributed by atoms with van der Waals surface area (Å²) in [6.45, 7) is 4.18. The summed E-state index contributed by atoms with van der Waals surface area (Å²) in [6.07, 6.45) is 0.810. The monoisotopic (exact) mass is 456 g/mol. The molecule has 0 saturated carbocycles. The van der Waals surface area contributed by atoms with Gasteiger partial charge in [0.25, 0.3) is 5.91 Å². The maximum absolute atomic E-state index is 12.2. The number of piperidine rings is 1. The minimum Gasteiger partial charge on any atom is -0.475 e. The first-order chi connectivity index (χ1) is 15.2. The molecule has 2 N–H and O–H groups in total. The summed E-state index contributed by atoms with van der Waals surface area (Å²) in [4.78, 5) is 23.5. The van der Waals surface area contributed by atoms with Crippen LogP contribution in [0.3, 0.4) is 0 Å². The molecule has 0 spiro atoms. The number of halogens is 3. The van der Waals surface area contributed by atoms with E-state index in [1.807, 2.05) is 12.1 Å². The number of ether oxygens (including phenoxy) is 1. The van der Waals surface area contributed by atoms with Gasteiger partial charge < -0.3 is 19.6 Å². The van der Waals surface area contributed by atoms with Crippen LogP contribution in [0.4, 0.5) is 13.2 Å². The van der Waals surface area contributed by atoms with Crippen LogP contribution in [0, 0.1) is 11.8 Å². The number of nitrogens with zero attached hydrogens (tertiary/aromatic N) is 3. The Bertz CT molecular complexity index is 879. The first kappa shape index (κ1) is 23.7. The van der Waals surface area contributed by atoms with Gasteiger partial charge in [0.1, 0.15) is 5.76 Å². The maximum atomic E-state index is 12.2. The molecule has 2 saturated heterocycles. The zero-order valence-corrected chi connectivity index (χ0v) is 17.0. The maximum Gasteiger partial charge on any atom is 0.490 e. The van der Waals surface area contributed by atoms with Crippen LogP contribution in [0.5, 0.6) is 0 Å². The highest BCUT2D eigenvalue weighted by Crippen LogP contribution is 2.34. The third kappa shape index (κ3) is 6.50. The molecule has 12 heteroatoms. The minimum atomic E-state index is -5.08. The number of furan rings is 1. The average molecular weight is 456 g/mol. The van der Waals surface area contributed by atoms with Gasteiger partial charge in [0.2, 0.25) is 0 Å². The molecule has 2 aromatic rings. The Morgan fingerprint density at radius 1 is 1.28 bits per heavy atom. The molecule has 4 heterocycles. The van der Waals surface area contributed by atoms with Crippen molar-refractivity contribution in [1.82, 2.24) is 20.4 Å². The predicted octanol–water partition coefficient (Wildman–Crippen LogP) is 1.97. The minimum absolute atomic E-state index is 0.0585. The molecular weight excluding hydrogens is 433 g/mol. The molecule has 1 amide bonds. The zero-order chi connectivity index (χ0) is 23.1. The predicted molar refractivity (Wildman–Crippen MR) is 103 cm³/mol. The van der Waals surface area contributed by atoms with Gasteiger partial charge in [-0.05, 0) is 37.1 Å². The van der Waals surface area contributed by atoms with Crippen molar-refractivity contribution in [2.24, 2.45) is 11.8 Å². The van der Waals surface area contributed by atoms with Crippen LogP contribution >= 0.6 is 0 Å². The molecule has 0 radical (unpaired) electrons. The molecule has 32 heavy (non-hydrogen) atoms. The van der Waals surface area contributed by atoms with E-state index in [1.54, 1.807) is 12.3 Å². The Kier molecular flexibility index (Phi) is 7.80. The van der Waals surface area contributed by atoms with Gasteiger partial charge in [-0.3, -0.25) is 9.69 Å². The van der Waals surface area contributed by atoms with Crippen molar-refractivity contribution in [3.8, 4) is 0 Å². The SMILES string of the molecule is O=C(NC[C@H]1OC[C@@H]2CCN(Cc3ccco3)C[C@@H]21)c1ccnnc1.O=C(O)C(F)(F)F. The molecule has 3 atom stereocenters. The second-order valence-electron chi connectivity index (χ2n) is 7.54. The molecule has 9 nitrogen and oxygen atoms in total. The highest BCUT2D eigenvalue weighted by atomic mass is 19.4. The van der Waals surface area contributed by atoms with Crippen LogP contribution in [0.2, 0.25) is 0 Å². The summed E-state index contributed by atoms with van der Waals surface area (Å²) in [5, 5.41) is 17.5. The van der Waals surface area contributed by atoms with E-state index in [1.165, 1.54) is 12.4 Å². The Labute approximate surface area is 181 Å². The van der Waals surface area contributed by atoms with Crippen molar-refractivity contribution < 1.29 is 37.0 Å². The van der Waals surface area contributed by atoms with E-state index in [2.05, 4.69) is 20.4 Å². The first-order valence-electron chi connectivity index (χ1n) is 9.95. The van der Waals surface area contributed by atoms with Crippen LogP contribution in [0.1, 0.15) is 22.5 Å². The zero-order valence-electron chi connectivity index (χ0n) is 17.0. The molecule has 174 valence electrons. The number of fused-ring (bicyclic) bond motifs is 1. The van der Waals surface area contributed by atoms with Gasteiger partial charge in [-0.2, -0.15) is 23.4 Å². The number of nitrogens with one attached hydrogen (secondary N) is 1. The standard InChI is InChI=1S/C18H22N4O3.C2HF3O2/c23-18(13-3-5-20-21-8-13)19-9-17-16-11-22(6-4-14(16)12-25-17)10-15-2-1-7-24-15;3-2(4,5)1(6)7/h1-3,5,7-8,14,16-17H,4,6,9-12H2,(H,19,23);(H,6,7)/t14-,16-,17+;/m0./s1. The Morgan fingerprint density at radius 2 is 2.06 bits per heavy atom. The lowest BCUT2D eigenvalue weighted by molar-refractivity contribution is -0.192. The molecule has 0 aliphatic carbocycles. The second kappa shape index (κ2) is 10.6. The fourth-order valence-electron chi connectivity index (χ4n) is 3.80. The van der Waals surface area contributed by atoms with Gasteiger partial charge in [0.15, 0.2) is 0 Å². The van der Waals surface area contributed by atoms with Gasteiger partial charge in [-0.15, -0.1) is 0 Å². The van der Waals surface area contributed by atoms with E-state index in [-0.39, 0.29) is 12.0 Å². The average Bonchev–Trinajstić information content (AvgIpc) is 3.42. The number of carboxylic acids is 1. The molecule has 2 aromatic heterocycles. The summed E-state index contributed by atoms with van der Waals surface area (Å²) >= 11 is 0. The smallest absolute Gasteiger partial charge is 0.475 e. The highest BCUT2D eigenvalue weighted by Gasteiger charge is 2.41. The van der Waals surface area contributed by atoms with Gasteiger partial charge in [0.05, 0.1) is 43.5 Å². The van der Waals surface area contributed by atoms with E-state index < -0.39 is 12.1 Å². The number of carbonyl (C=O) groups excluding carboxylic acids is 1. The molecule has 0 aromatic carbocycles. The molecule has 4 rings (SSSR count). The number of rotatable bonds is 5. The van der Waals surface area contributed by atoms with E-state index in [0.29, 0.717) is 23.9 Å². The summed E-state index contributed by atoms with van der Waals surface area (Å²) in [6, 6.07) is 5.59. The molecule has 2 aliphatic rings. The number of hydrogen-bond donors (Lipinski definition) is 2. The fraction of sp³-hybridized carbons (Fsp3) is 0.500. The van der Waals surface area contributed by atoms with Crippen molar-refractivity contribution in [3.05, 3.63) is 48.2 Å². The van der Waals surface area contributed by atoms with Crippen molar-refractivity contribution in [3.63, 3.8) is 0 Å². The van der Waals surface area contributed by atoms with Gasteiger partial charge in [-0.25, -0.2) is 4.79 Å². The summed E-state index contributed by atoms with van der Waals surface area (Å²) < 4.78 is 43.2. The van der Waals surface area contributed by atoms with E-state index >= 15 is 0 Å². The fourth-order valence-corrected chi connectivity index (χ4v) is 3.80. The second-order valence-corrected chi connectivity index (χ2v) is 7.54. The van der Waals surface area contributed by atoms with Gasteiger partial charge >= 0.3 is 12.1 Å². The molecule has 0 unspecified atom stereocenters. The molecule has 0 bridgehead atoms. The van der Waals surface area contributed by atoms with Crippen LogP contribution < -0.4 is 5.32 Å². The van der Waals surface area contributed by atoms with Crippen molar-refractivity contribution >= 4 is 11.9 Å². The first-order valence-corrected chi connectivity index (χ1v) is 9.95. The molecule has 2 fully saturated rings. The van der Waals surface area contributed by atoms with Gasteiger partial charge in [-0.1, -0.05) is 0 Å². The van der Waals surface area contributed by atoms with Crippen molar-refractivity contribution in [2.45, 2.75) is 25.2 Å². The third-order valence-corrected chi connectivity index (χ3v) is 5.40. The lowest BCUT2D eigenvalue weighted by Crippen LogP contribution is -2.45. The van der Waals surface area contributed by atoms with E-state index in [9.17, 15) is 18.0 Å². The summed E-state index contributed by atoms with van der Waals surface area (Å²) in [5.74, 6) is -0.873. The Hall–Kier alpha value is -2.99. The summed E-state index contributed by atoms with van der Waals surface area (Å²) in [5.41, 5.74) is 0.521. The lowest BCUT2D eigenvalue weighted by atomic mass is 9.84. The van der Waals surface area contributed by atoms with Crippen molar-refractivity contribution in [1.29, 1.82) is 0 Å². The number of amides is 1. The Balaban J connectivity index is 0.000000360. The Morgan fingerprint density at radius 3 is 2.69 bits per heavy atom. The number of carboxylic acid groups (broad SMARTS) is 1.